The van der Waals surface area contributed by atoms with Crippen LogP contribution in [0, 0.1) is 11.8 Å². The van der Waals surface area contributed by atoms with Crippen LogP contribution in [0.4, 0.5) is 0 Å². The lowest BCUT2D eigenvalue weighted by molar-refractivity contribution is -0.152. The minimum atomic E-state index is -0.399. The summed E-state index contributed by atoms with van der Waals surface area (Å²) in [7, 11) is 0. The average molecular weight is 186 g/mol. The van der Waals surface area contributed by atoms with Crippen molar-refractivity contribution in [2.75, 3.05) is 0 Å². The van der Waals surface area contributed by atoms with Gasteiger partial charge in [-0.25, -0.2) is 0 Å². The van der Waals surface area contributed by atoms with Crippen molar-refractivity contribution in [3.05, 3.63) is 0 Å². The predicted octanol–water partition coefficient (Wildman–Crippen LogP) is 2.82. The van der Waals surface area contributed by atoms with Crippen molar-refractivity contribution in [1.29, 1.82) is 0 Å². The maximum Gasteiger partial charge on any atom is 0.163 e. The third kappa shape index (κ3) is 2.44. The Labute approximate surface area is 81.6 Å². The maximum atomic E-state index is 5.86. The van der Waals surface area contributed by atoms with Gasteiger partial charge in [-0.2, -0.15) is 0 Å². The highest BCUT2D eigenvalue weighted by molar-refractivity contribution is 4.85. The van der Waals surface area contributed by atoms with Crippen LogP contribution >= 0.6 is 0 Å². The van der Waals surface area contributed by atoms with Gasteiger partial charge in [0.25, 0.3) is 0 Å². The van der Waals surface area contributed by atoms with Gasteiger partial charge < -0.3 is 9.47 Å². The zero-order chi connectivity index (χ0) is 10.2. The summed E-state index contributed by atoms with van der Waals surface area (Å²) in [6.07, 6.45) is 0.491. The second-order valence-electron chi connectivity index (χ2n) is 5.05. The van der Waals surface area contributed by atoms with E-state index in [1.807, 2.05) is 13.8 Å². The van der Waals surface area contributed by atoms with E-state index >= 15 is 0 Å². The predicted molar refractivity (Wildman–Crippen MR) is 53.5 cm³/mol. The second-order valence-corrected chi connectivity index (χ2v) is 5.05. The molecule has 0 aromatic carbocycles. The fourth-order valence-electron chi connectivity index (χ4n) is 1.85. The molecule has 0 saturated carbocycles. The molecule has 1 fully saturated rings. The fraction of sp³-hybridized carbons (Fsp3) is 1.00. The van der Waals surface area contributed by atoms with E-state index in [9.17, 15) is 0 Å². The smallest absolute Gasteiger partial charge is 0.163 e. The minimum Gasteiger partial charge on any atom is -0.344 e. The summed E-state index contributed by atoms with van der Waals surface area (Å²) >= 11 is 0. The summed E-state index contributed by atoms with van der Waals surface area (Å²) < 4.78 is 11.7. The molecule has 0 aliphatic carbocycles. The average Bonchev–Trinajstić information content (AvgIpc) is 2.26. The molecule has 13 heavy (non-hydrogen) atoms. The van der Waals surface area contributed by atoms with E-state index in [0.717, 1.165) is 0 Å². The van der Waals surface area contributed by atoms with Crippen LogP contribution in [0.1, 0.15) is 41.5 Å². The van der Waals surface area contributed by atoms with Gasteiger partial charge in [0.2, 0.25) is 0 Å². The van der Waals surface area contributed by atoms with Crippen molar-refractivity contribution in [2.24, 2.45) is 11.8 Å². The Morgan fingerprint density at radius 2 is 1.15 bits per heavy atom. The zero-order valence-corrected chi connectivity index (χ0v) is 9.63. The number of ether oxygens (including phenoxy) is 2. The quantitative estimate of drug-likeness (QED) is 0.660. The highest BCUT2D eigenvalue weighted by atomic mass is 16.8. The van der Waals surface area contributed by atoms with E-state index in [1.54, 1.807) is 0 Å². The summed E-state index contributed by atoms with van der Waals surface area (Å²) in [6.45, 7) is 12.7. The van der Waals surface area contributed by atoms with Gasteiger partial charge >= 0.3 is 0 Å². The number of hydrogen-bond donors (Lipinski definition) is 0. The lowest BCUT2D eigenvalue weighted by Gasteiger charge is -2.22. The van der Waals surface area contributed by atoms with Crippen molar-refractivity contribution in [3.8, 4) is 0 Å². The molecule has 0 aromatic heterocycles. The summed E-state index contributed by atoms with van der Waals surface area (Å²) in [4.78, 5) is 0. The molecule has 0 spiro atoms. The molecule has 1 aliphatic rings. The molecule has 0 radical (unpaired) electrons. The van der Waals surface area contributed by atoms with Crippen LogP contribution in [-0.2, 0) is 9.47 Å². The van der Waals surface area contributed by atoms with E-state index in [1.165, 1.54) is 0 Å². The molecular formula is C11H22O2. The van der Waals surface area contributed by atoms with Crippen molar-refractivity contribution in [3.63, 3.8) is 0 Å². The lowest BCUT2D eigenvalue weighted by Crippen LogP contribution is -2.31. The molecule has 1 rings (SSSR count). The summed E-state index contributed by atoms with van der Waals surface area (Å²) in [5.74, 6) is 0.646. The molecule has 2 nitrogen and oxygen atoms in total. The minimum absolute atomic E-state index is 0.245. The molecule has 1 aliphatic heterocycles. The molecule has 0 aromatic rings. The molecule has 78 valence electrons. The summed E-state index contributed by atoms with van der Waals surface area (Å²) in [5, 5.41) is 0. The molecule has 0 N–H and O–H groups in total. The molecule has 2 atom stereocenters. The van der Waals surface area contributed by atoms with E-state index in [4.69, 9.17) is 9.47 Å². The van der Waals surface area contributed by atoms with Crippen LogP contribution in [-0.4, -0.2) is 18.0 Å². The Morgan fingerprint density at radius 3 is 1.38 bits per heavy atom. The van der Waals surface area contributed by atoms with Crippen LogP contribution < -0.4 is 0 Å². The first-order valence-corrected chi connectivity index (χ1v) is 5.19. The SMILES string of the molecule is CC(C)[C@@H]1OC(C)(C)O[C@H]1C(C)C. The molecule has 0 amide bonds. The van der Waals surface area contributed by atoms with E-state index < -0.39 is 5.79 Å². The number of rotatable bonds is 2. The molecule has 0 bridgehead atoms. The van der Waals surface area contributed by atoms with Gasteiger partial charge in [0.1, 0.15) is 0 Å². The highest BCUT2D eigenvalue weighted by Gasteiger charge is 2.43. The molecular weight excluding hydrogens is 164 g/mol. The molecule has 1 heterocycles. The Morgan fingerprint density at radius 1 is 0.846 bits per heavy atom. The van der Waals surface area contributed by atoms with Crippen molar-refractivity contribution >= 4 is 0 Å². The summed E-state index contributed by atoms with van der Waals surface area (Å²) in [5.41, 5.74) is 0. The van der Waals surface area contributed by atoms with Crippen LogP contribution in [0.5, 0.6) is 0 Å². The second kappa shape index (κ2) is 3.58. The van der Waals surface area contributed by atoms with Gasteiger partial charge in [0.15, 0.2) is 5.79 Å². The number of hydrogen-bond acceptors (Lipinski definition) is 2. The maximum absolute atomic E-state index is 5.86. The first kappa shape index (κ1) is 11.0. The molecule has 0 unspecified atom stereocenters. The van der Waals surface area contributed by atoms with Crippen molar-refractivity contribution in [1.82, 2.24) is 0 Å². The Bertz CT molecular complexity index is 155. The first-order chi connectivity index (χ1) is 5.83. The highest BCUT2D eigenvalue weighted by Crippen LogP contribution is 2.35. The Hall–Kier alpha value is -0.0800. The van der Waals surface area contributed by atoms with Crippen molar-refractivity contribution in [2.45, 2.75) is 59.5 Å². The zero-order valence-electron chi connectivity index (χ0n) is 9.63. The lowest BCUT2D eigenvalue weighted by atomic mass is 9.94. The largest absolute Gasteiger partial charge is 0.344 e. The molecule has 2 heteroatoms. The van der Waals surface area contributed by atoms with Crippen LogP contribution in [0.15, 0.2) is 0 Å². The van der Waals surface area contributed by atoms with Gasteiger partial charge in [-0.3, -0.25) is 0 Å². The van der Waals surface area contributed by atoms with E-state index in [2.05, 4.69) is 27.7 Å². The normalized spacial score (nSPS) is 33.2. The van der Waals surface area contributed by atoms with Gasteiger partial charge in [0, 0.05) is 0 Å². The third-order valence-corrected chi connectivity index (χ3v) is 2.48. The van der Waals surface area contributed by atoms with Crippen LogP contribution in [0.3, 0.4) is 0 Å². The third-order valence-electron chi connectivity index (χ3n) is 2.48. The van der Waals surface area contributed by atoms with Gasteiger partial charge in [-0.15, -0.1) is 0 Å². The van der Waals surface area contributed by atoms with E-state index in [0.29, 0.717) is 11.8 Å². The van der Waals surface area contributed by atoms with Gasteiger partial charge in [-0.1, -0.05) is 27.7 Å². The van der Waals surface area contributed by atoms with Gasteiger partial charge in [-0.05, 0) is 25.7 Å². The molecule has 1 saturated heterocycles. The van der Waals surface area contributed by atoms with Gasteiger partial charge in [0.05, 0.1) is 12.2 Å². The standard InChI is InChI=1S/C11H22O2/c1-7(2)9-10(8(3)4)13-11(5,6)12-9/h7-10H,1-6H3/t9-,10-/m0/s1. The topological polar surface area (TPSA) is 18.5 Å². The van der Waals surface area contributed by atoms with Crippen LogP contribution in [0.25, 0.3) is 0 Å². The van der Waals surface area contributed by atoms with E-state index in [-0.39, 0.29) is 12.2 Å². The van der Waals surface area contributed by atoms with Crippen LogP contribution in [0.2, 0.25) is 0 Å². The fourth-order valence-corrected chi connectivity index (χ4v) is 1.85. The summed E-state index contributed by atoms with van der Waals surface area (Å²) in [6, 6.07) is 0. The first-order valence-electron chi connectivity index (χ1n) is 5.19. The van der Waals surface area contributed by atoms with Crippen molar-refractivity contribution < 1.29 is 9.47 Å². The Kier molecular flexibility index (Phi) is 3.03. The Balaban J connectivity index is 2.71. The monoisotopic (exact) mass is 186 g/mol.